The van der Waals surface area contributed by atoms with Gasteiger partial charge in [-0.1, -0.05) is 0 Å². The van der Waals surface area contributed by atoms with Crippen molar-refractivity contribution < 1.29 is 23.9 Å². The fraction of sp³-hybridized carbons (Fsp3) is 0.0769. The van der Waals surface area contributed by atoms with E-state index in [2.05, 4.69) is 5.32 Å². The first-order valence-electron chi connectivity index (χ1n) is 5.76. The van der Waals surface area contributed by atoms with E-state index in [4.69, 9.17) is 5.11 Å². The van der Waals surface area contributed by atoms with E-state index in [1.807, 2.05) is 0 Å². The van der Waals surface area contributed by atoms with Gasteiger partial charge in [-0.2, -0.15) is 0 Å². The predicted molar refractivity (Wildman–Crippen MR) is 70.1 cm³/mol. The highest BCUT2D eigenvalue weighted by Gasteiger charge is 2.20. The van der Waals surface area contributed by atoms with Crippen molar-refractivity contribution in [1.82, 2.24) is 0 Å². The Balaban J connectivity index is 2.29. The largest absolute Gasteiger partial charge is 0.508 e. The normalized spacial score (nSPS) is 10.4. The Morgan fingerprint density at radius 3 is 2.52 bits per heavy atom. The molecular weight excluding hydrogens is 286 g/mol. The minimum atomic E-state index is -1.11. The summed E-state index contributed by atoms with van der Waals surface area (Å²) in [5.74, 6) is -2.58. The van der Waals surface area contributed by atoms with Crippen LogP contribution in [0.1, 0.15) is 5.56 Å². The van der Waals surface area contributed by atoms with Gasteiger partial charge >= 0.3 is 0 Å². The highest BCUT2D eigenvalue weighted by molar-refractivity contribution is 5.62. The van der Waals surface area contributed by atoms with E-state index >= 15 is 0 Å². The van der Waals surface area contributed by atoms with Gasteiger partial charge in [0, 0.05) is 24.2 Å². The molecular formula is C13H10F2N2O4. The molecule has 0 unspecified atom stereocenters. The molecule has 3 N–H and O–H groups in total. The van der Waals surface area contributed by atoms with E-state index in [1.165, 1.54) is 12.1 Å². The van der Waals surface area contributed by atoms with Gasteiger partial charge in [-0.15, -0.1) is 0 Å². The molecule has 0 spiro atoms. The van der Waals surface area contributed by atoms with Crippen LogP contribution in [0.4, 0.5) is 20.2 Å². The summed E-state index contributed by atoms with van der Waals surface area (Å²) in [6.45, 7) is -0.143. The molecule has 2 aromatic carbocycles. The second-order valence-corrected chi connectivity index (χ2v) is 4.21. The van der Waals surface area contributed by atoms with Gasteiger partial charge in [-0.05, 0) is 12.1 Å². The third kappa shape index (κ3) is 3.16. The molecule has 0 saturated heterocycles. The van der Waals surface area contributed by atoms with Crippen LogP contribution in [-0.2, 0) is 6.54 Å². The number of nitrogens with one attached hydrogen (secondary N) is 1. The van der Waals surface area contributed by atoms with Crippen molar-refractivity contribution in [2.24, 2.45) is 0 Å². The monoisotopic (exact) mass is 296 g/mol. The first kappa shape index (κ1) is 14.5. The van der Waals surface area contributed by atoms with E-state index in [9.17, 15) is 24.0 Å². The van der Waals surface area contributed by atoms with Crippen LogP contribution < -0.4 is 5.32 Å². The summed E-state index contributed by atoms with van der Waals surface area (Å²) >= 11 is 0. The Kier molecular flexibility index (Phi) is 3.88. The van der Waals surface area contributed by atoms with Crippen molar-refractivity contribution in [2.75, 3.05) is 5.32 Å². The zero-order valence-electron chi connectivity index (χ0n) is 10.5. The molecule has 0 bridgehead atoms. The lowest BCUT2D eigenvalue weighted by Crippen LogP contribution is -2.05. The summed E-state index contributed by atoms with van der Waals surface area (Å²) < 4.78 is 26.6. The SMILES string of the molecule is O=[N+]([O-])c1cc(F)cc(F)c1NCc1ccc(O)cc1O. The molecule has 0 aliphatic heterocycles. The number of phenolic OH excluding ortho intramolecular Hbond substituents is 2. The summed E-state index contributed by atoms with van der Waals surface area (Å²) in [6.07, 6.45) is 0. The third-order valence-corrected chi connectivity index (χ3v) is 2.76. The number of phenols is 2. The van der Waals surface area contributed by atoms with Gasteiger partial charge < -0.3 is 15.5 Å². The van der Waals surface area contributed by atoms with E-state index in [1.54, 1.807) is 0 Å². The van der Waals surface area contributed by atoms with Gasteiger partial charge in [0.1, 0.15) is 23.0 Å². The highest BCUT2D eigenvalue weighted by atomic mass is 19.1. The lowest BCUT2D eigenvalue weighted by Gasteiger charge is -2.10. The second-order valence-electron chi connectivity index (χ2n) is 4.21. The van der Waals surface area contributed by atoms with Crippen LogP contribution in [0, 0.1) is 21.7 Å². The Morgan fingerprint density at radius 1 is 1.19 bits per heavy atom. The number of benzene rings is 2. The van der Waals surface area contributed by atoms with Crippen LogP contribution in [0.3, 0.4) is 0 Å². The molecule has 0 aliphatic rings. The molecule has 110 valence electrons. The smallest absolute Gasteiger partial charge is 0.298 e. The Hall–Kier alpha value is -2.90. The summed E-state index contributed by atoms with van der Waals surface area (Å²) in [4.78, 5) is 9.89. The lowest BCUT2D eigenvalue weighted by atomic mass is 10.1. The zero-order chi connectivity index (χ0) is 15.6. The zero-order valence-corrected chi connectivity index (χ0v) is 10.5. The first-order valence-corrected chi connectivity index (χ1v) is 5.76. The summed E-state index contributed by atoms with van der Waals surface area (Å²) in [7, 11) is 0. The predicted octanol–water partition coefficient (Wildman–Crippen LogP) is 2.90. The molecule has 2 aromatic rings. The van der Waals surface area contributed by atoms with Crippen molar-refractivity contribution in [3.05, 3.63) is 57.6 Å². The molecule has 0 aromatic heterocycles. The van der Waals surface area contributed by atoms with E-state index in [0.717, 1.165) is 6.07 Å². The Labute approximate surface area is 117 Å². The number of nitrogens with zero attached hydrogens (tertiary/aromatic N) is 1. The standard InChI is InChI=1S/C13H10F2N2O4/c14-8-3-10(15)13(11(4-8)17(20)21)16-6-7-1-2-9(18)5-12(7)19/h1-5,16,18-19H,6H2. The number of aromatic hydroxyl groups is 2. The number of hydrogen-bond donors (Lipinski definition) is 3. The van der Waals surface area contributed by atoms with Crippen LogP contribution in [0.2, 0.25) is 0 Å². The molecule has 0 amide bonds. The number of anilines is 1. The number of rotatable bonds is 4. The molecule has 0 radical (unpaired) electrons. The maximum Gasteiger partial charge on any atom is 0.298 e. The van der Waals surface area contributed by atoms with Crippen LogP contribution >= 0.6 is 0 Å². The third-order valence-electron chi connectivity index (χ3n) is 2.76. The minimum absolute atomic E-state index is 0.143. The number of nitro benzene ring substituents is 1. The Morgan fingerprint density at radius 2 is 1.90 bits per heavy atom. The van der Waals surface area contributed by atoms with E-state index in [0.29, 0.717) is 12.1 Å². The molecule has 0 fully saturated rings. The summed E-state index contributed by atoms with van der Waals surface area (Å²) in [6, 6.07) is 4.86. The number of nitro groups is 1. The molecule has 0 atom stereocenters. The first-order chi connectivity index (χ1) is 9.88. The molecule has 8 heteroatoms. The van der Waals surface area contributed by atoms with Gasteiger partial charge in [-0.3, -0.25) is 10.1 Å². The number of halogens is 2. The quantitative estimate of drug-likeness (QED) is 0.595. The van der Waals surface area contributed by atoms with Crippen molar-refractivity contribution in [1.29, 1.82) is 0 Å². The molecule has 6 nitrogen and oxygen atoms in total. The summed E-state index contributed by atoms with van der Waals surface area (Å²) in [5, 5.41) is 32.0. The molecule has 21 heavy (non-hydrogen) atoms. The average molecular weight is 296 g/mol. The van der Waals surface area contributed by atoms with Gasteiger partial charge in [-0.25, -0.2) is 8.78 Å². The van der Waals surface area contributed by atoms with Gasteiger partial charge in [0.05, 0.1) is 11.0 Å². The van der Waals surface area contributed by atoms with Crippen LogP contribution in [0.25, 0.3) is 0 Å². The molecule has 2 rings (SSSR count). The van der Waals surface area contributed by atoms with Crippen LogP contribution in [0.5, 0.6) is 11.5 Å². The topological polar surface area (TPSA) is 95.6 Å². The van der Waals surface area contributed by atoms with Crippen molar-refractivity contribution in [3.8, 4) is 11.5 Å². The number of hydrogen-bond acceptors (Lipinski definition) is 5. The van der Waals surface area contributed by atoms with Gasteiger partial charge in [0.15, 0.2) is 5.82 Å². The maximum absolute atomic E-state index is 13.6. The fourth-order valence-electron chi connectivity index (χ4n) is 1.76. The lowest BCUT2D eigenvalue weighted by molar-refractivity contribution is -0.384. The average Bonchev–Trinajstić information content (AvgIpc) is 2.38. The molecule has 0 heterocycles. The van der Waals surface area contributed by atoms with Gasteiger partial charge in [0.25, 0.3) is 5.69 Å². The second kappa shape index (κ2) is 5.61. The summed E-state index contributed by atoms with van der Waals surface area (Å²) in [5.41, 5.74) is -0.939. The Bertz CT molecular complexity index is 707. The fourth-order valence-corrected chi connectivity index (χ4v) is 1.76. The molecule has 0 aliphatic carbocycles. The van der Waals surface area contributed by atoms with Crippen LogP contribution in [-0.4, -0.2) is 15.1 Å². The van der Waals surface area contributed by atoms with E-state index in [-0.39, 0.29) is 23.6 Å². The van der Waals surface area contributed by atoms with Gasteiger partial charge in [0.2, 0.25) is 0 Å². The van der Waals surface area contributed by atoms with Crippen molar-refractivity contribution >= 4 is 11.4 Å². The van der Waals surface area contributed by atoms with E-state index < -0.39 is 27.9 Å². The maximum atomic E-state index is 13.6. The van der Waals surface area contributed by atoms with Crippen LogP contribution in [0.15, 0.2) is 30.3 Å². The molecule has 0 saturated carbocycles. The minimum Gasteiger partial charge on any atom is -0.508 e. The van der Waals surface area contributed by atoms with Crippen molar-refractivity contribution in [3.63, 3.8) is 0 Å². The highest BCUT2D eigenvalue weighted by Crippen LogP contribution is 2.30. The van der Waals surface area contributed by atoms with Crippen molar-refractivity contribution in [2.45, 2.75) is 6.54 Å².